The molecular weight excluding hydrogens is 434 g/mol. The van der Waals surface area contributed by atoms with Gasteiger partial charge in [0.15, 0.2) is 0 Å². The van der Waals surface area contributed by atoms with Crippen molar-refractivity contribution in [3.05, 3.63) is 78.9 Å². The molecule has 0 spiro atoms. The lowest BCUT2D eigenvalue weighted by Crippen LogP contribution is -2.41. The van der Waals surface area contributed by atoms with Crippen LogP contribution in [0.4, 0.5) is 22.7 Å². The van der Waals surface area contributed by atoms with E-state index in [1.165, 1.54) is 0 Å². The molecule has 0 aliphatic carbocycles. The number of carboxylic acid groups (broad SMARTS) is 1. The monoisotopic (exact) mass is 461 g/mol. The first kappa shape index (κ1) is 24.4. The van der Waals surface area contributed by atoms with Crippen LogP contribution in [0.5, 0.6) is 5.75 Å². The Morgan fingerprint density at radius 3 is 2.21 bits per heavy atom. The van der Waals surface area contributed by atoms with Crippen molar-refractivity contribution in [2.75, 3.05) is 30.8 Å². The summed E-state index contributed by atoms with van der Waals surface area (Å²) in [5.41, 5.74) is 2.73. The number of hydrogen-bond donors (Lipinski definition) is 4. The average Bonchev–Trinajstić information content (AvgIpc) is 2.86. The topological polar surface area (TPSA) is 124 Å². The molecule has 0 radical (unpaired) electrons. The minimum atomic E-state index is -1.09. The van der Waals surface area contributed by atoms with Gasteiger partial charge in [0, 0.05) is 18.8 Å². The van der Waals surface area contributed by atoms with Crippen LogP contribution < -0.4 is 20.7 Å². The van der Waals surface area contributed by atoms with Crippen LogP contribution >= 0.6 is 0 Å². The molecule has 3 rings (SSSR count). The minimum Gasteiger partial charge on any atom is -0.495 e. The molecule has 3 aromatic carbocycles. The second-order valence-corrected chi connectivity index (χ2v) is 7.31. The average molecular weight is 462 g/mol. The van der Waals surface area contributed by atoms with E-state index in [4.69, 9.17) is 4.74 Å². The smallest absolute Gasteiger partial charge is 0.321 e. The number of nitrogens with zero attached hydrogens (tertiary/aromatic N) is 2. The molecule has 0 bridgehead atoms. The summed E-state index contributed by atoms with van der Waals surface area (Å²) in [4.78, 5) is 24.0. The summed E-state index contributed by atoms with van der Waals surface area (Å²) in [7, 11) is 1.58. The number of hydrogen-bond acceptors (Lipinski definition) is 7. The van der Waals surface area contributed by atoms with Gasteiger partial charge in [-0.2, -0.15) is 10.2 Å². The van der Waals surface area contributed by atoms with Crippen LogP contribution in [0.15, 0.2) is 89.1 Å². The molecule has 176 valence electrons. The van der Waals surface area contributed by atoms with Crippen LogP contribution in [0, 0.1) is 0 Å². The first-order chi connectivity index (χ1) is 16.5. The molecule has 0 saturated carbocycles. The number of ether oxygens (including phenoxy) is 1. The van der Waals surface area contributed by atoms with E-state index in [0.29, 0.717) is 30.2 Å². The molecule has 0 heterocycles. The highest BCUT2D eigenvalue weighted by Crippen LogP contribution is 2.22. The van der Waals surface area contributed by atoms with Crippen molar-refractivity contribution in [3.63, 3.8) is 0 Å². The Morgan fingerprint density at radius 1 is 0.882 bits per heavy atom. The van der Waals surface area contributed by atoms with Gasteiger partial charge in [-0.15, -0.1) is 0 Å². The van der Waals surface area contributed by atoms with Gasteiger partial charge < -0.3 is 25.8 Å². The van der Waals surface area contributed by atoms with Gasteiger partial charge in [0.2, 0.25) is 5.91 Å². The molecule has 0 saturated heterocycles. The fourth-order valence-electron chi connectivity index (χ4n) is 3.10. The lowest BCUT2D eigenvalue weighted by molar-refractivity contribution is -0.141. The second-order valence-electron chi connectivity index (χ2n) is 7.31. The predicted octanol–water partition coefficient (Wildman–Crippen LogP) is 4.59. The molecule has 9 heteroatoms. The molecule has 0 unspecified atom stereocenters. The van der Waals surface area contributed by atoms with Crippen molar-refractivity contribution in [2.24, 2.45) is 10.2 Å². The van der Waals surface area contributed by atoms with Crippen molar-refractivity contribution in [1.29, 1.82) is 0 Å². The van der Waals surface area contributed by atoms with E-state index >= 15 is 0 Å². The van der Waals surface area contributed by atoms with Gasteiger partial charge in [-0.1, -0.05) is 30.3 Å². The maximum absolute atomic E-state index is 12.4. The molecular formula is C25H27N5O4. The largest absolute Gasteiger partial charge is 0.495 e. The number of carboxylic acids is 1. The van der Waals surface area contributed by atoms with E-state index in [2.05, 4.69) is 26.2 Å². The summed E-state index contributed by atoms with van der Waals surface area (Å²) in [6.07, 6.45) is -0.209. The van der Waals surface area contributed by atoms with Crippen LogP contribution in [0.25, 0.3) is 0 Å². The van der Waals surface area contributed by atoms with Gasteiger partial charge in [0.05, 0.1) is 30.6 Å². The van der Waals surface area contributed by atoms with Crippen LogP contribution in [0.2, 0.25) is 0 Å². The van der Waals surface area contributed by atoms with Crippen molar-refractivity contribution >= 4 is 34.6 Å². The highest BCUT2D eigenvalue weighted by atomic mass is 16.5. The standard InChI is InChI=1S/C25H27N5O4/c1-34-23-10-6-5-9-21(23)26-15-16-27-22(25(32)33)17-24(31)28-18-11-13-20(14-12-18)30-29-19-7-3-2-4-8-19/h2-14,22,26-27H,15-17H2,1H3,(H,28,31)(H,32,33)/t22-/m0/s1. The first-order valence-corrected chi connectivity index (χ1v) is 10.7. The number of anilines is 2. The number of para-hydroxylation sites is 2. The van der Waals surface area contributed by atoms with Gasteiger partial charge in [0.25, 0.3) is 0 Å². The normalized spacial score (nSPS) is 11.7. The van der Waals surface area contributed by atoms with Crippen molar-refractivity contribution in [2.45, 2.75) is 12.5 Å². The molecule has 0 fully saturated rings. The Balaban J connectivity index is 1.45. The van der Waals surface area contributed by atoms with E-state index in [9.17, 15) is 14.7 Å². The lowest BCUT2D eigenvalue weighted by Gasteiger charge is -2.16. The number of azo groups is 1. The molecule has 0 aliphatic rings. The summed E-state index contributed by atoms with van der Waals surface area (Å²) in [5, 5.41) is 26.6. The van der Waals surface area contributed by atoms with Crippen LogP contribution in [0.1, 0.15) is 6.42 Å². The van der Waals surface area contributed by atoms with Crippen molar-refractivity contribution < 1.29 is 19.4 Å². The number of benzene rings is 3. The van der Waals surface area contributed by atoms with Gasteiger partial charge in [0.1, 0.15) is 11.8 Å². The fraction of sp³-hybridized carbons (Fsp3) is 0.200. The molecule has 34 heavy (non-hydrogen) atoms. The Morgan fingerprint density at radius 2 is 1.53 bits per heavy atom. The van der Waals surface area contributed by atoms with Gasteiger partial charge in [-0.05, 0) is 48.5 Å². The van der Waals surface area contributed by atoms with Crippen LogP contribution in [-0.2, 0) is 9.59 Å². The zero-order valence-corrected chi connectivity index (χ0v) is 18.8. The van der Waals surface area contributed by atoms with E-state index < -0.39 is 17.9 Å². The maximum Gasteiger partial charge on any atom is 0.321 e. The molecule has 0 aliphatic heterocycles. The molecule has 1 atom stereocenters. The highest BCUT2D eigenvalue weighted by Gasteiger charge is 2.20. The van der Waals surface area contributed by atoms with Crippen LogP contribution in [-0.4, -0.2) is 43.2 Å². The third kappa shape index (κ3) is 7.72. The van der Waals surface area contributed by atoms with E-state index in [0.717, 1.165) is 11.4 Å². The Bertz CT molecular complexity index is 1100. The number of aliphatic carboxylic acids is 1. The zero-order valence-electron chi connectivity index (χ0n) is 18.8. The molecule has 3 aromatic rings. The quantitative estimate of drug-likeness (QED) is 0.231. The number of rotatable bonds is 12. The van der Waals surface area contributed by atoms with E-state index in [1.54, 1.807) is 31.4 Å². The first-order valence-electron chi connectivity index (χ1n) is 10.7. The lowest BCUT2D eigenvalue weighted by atomic mass is 10.2. The third-order valence-corrected chi connectivity index (χ3v) is 4.81. The van der Waals surface area contributed by atoms with Gasteiger partial charge >= 0.3 is 5.97 Å². The summed E-state index contributed by atoms with van der Waals surface area (Å²) in [6.45, 7) is 0.814. The third-order valence-electron chi connectivity index (χ3n) is 4.81. The number of carbonyl (C=O) groups is 2. The number of carbonyl (C=O) groups excluding carboxylic acids is 1. The number of nitrogens with one attached hydrogen (secondary N) is 3. The molecule has 0 aromatic heterocycles. The highest BCUT2D eigenvalue weighted by molar-refractivity contribution is 5.94. The van der Waals surface area contributed by atoms with Gasteiger partial charge in [-0.25, -0.2) is 0 Å². The Kier molecular flexibility index (Phi) is 9.12. The van der Waals surface area contributed by atoms with E-state index in [-0.39, 0.29) is 6.42 Å². The summed E-state index contributed by atoms with van der Waals surface area (Å²) < 4.78 is 5.27. The van der Waals surface area contributed by atoms with E-state index in [1.807, 2.05) is 54.6 Å². The Labute approximate surface area is 197 Å². The maximum atomic E-state index is 12.4. The number of methoxy groups -OCH3 is 1. The minimum absolute atomic E-state index is 0.209. The SMILES string of the molecule is COc1ccccc1NCCN[C@@H](CC(=O)Nc1ccc(N=Nc2ccccc2)cc1)C(=O)O. The van der Waals surface area contributed by atoms with Gasteiger partial charge in [-0.3, -0.25) is 9.59 Å². The molecule has 4 N–H and O–H groups in total. The second kappa shape index (κ2) is 12.7. The summed E-state index contributed by atoms with van der Waals surface area (Å²) >= 11 is 0. The molecule has 1 amide bonds. The summed E-state index contributed by atoms with van der Waals surface area (Å²) in [5.74, 6) is -0.801. The Hall–Kier alpha value is -4.24. The van der Waals surface area contributed by atoms with Crippen molar-refractivity contribution in [1.82, 2.24) is 5.32 Å². The predicted molar refractivity (Wildman–Crippen MR) is 131 cm³/mol. The number of amides is 1. The molecule has 9 nitrogen and oxygen atoms in total. The van der Waals surface area contributed by atoms with Crippen LogP contribution in [0.3, 0.4) is 0 Å². The zero-order chi connectivity index (χ0) is 24.2. The fourth-order valence-corrected chi connectivity index (χ4v) is 3.10. The van der Waals surface area contributed by atoms with Crippen molar-refractivity contribution in [3.8, 4) is 5.75 Å². The summed E-state index contributed by atoms with van der Waals surface area (Å²) in [6, 6.07) is 22.6.